The molecule has 0 spiro atoms. The van der Waals surface area contributed by atoms with E-state index < -0.39 is 0 Å². The van der Waals surface area contributed by atoms with E-state index in [-0.39, 0.29) is 12.0 Å². The van der Waals surface area contributed by atoms with Crippen LogP contribution in [0, 0.1) is 0 Å². The van der Waals surface area contributed by atoms with Crippen LogP contribution in [0.5, 0.6) is 0 Å². The van der Waals surface area contributed by atoms with Gasteiger partial charge in [0.2, 0.25) is 0 Å². The molecule has 110 valence electrons. The monoisotopic (exact) mass is 286 g/mol. The second-order valence-electron chi connectivity index (χ2n) is 5.61. The molecule has 0 radical (unpaired) electrons. The number of hydrogen-bond acceptors (Lipinski definition) is 6. The van der Waals surface area contributed by atoms with Crippen LogP contribution >= 0.6 is 0 Å². The molecule has 21 heavy (non-hydrogen) atoms. The van der Waals surface area contributed by atoms with E-state index >= 15 is 0 Å². The van der Waals surface area contributed by atoms with Crippen LogP contribution < -0.4 is 5.73 Å². The van der Waals surface area contributed by atoms with Gasteiger partial charge in [-0.1, -0.05) is 19.0 Å². The van der Waals surface area contributed by atoms with Crippen molar-refractivity contribution in [2.24, 2.45) is 0 Å². The average molecular weight is 286 g/mol. The van der Waals surface area contributed by atoms with Gasteiger partial charge < -0.3 is 10.3 Å². The largest absolute Gasteiger partial charge is 0.383 e. The van der Waals surface area contributed by atoms with Crippen LogP contribution in [0.4, 0.5) is 5.82 Å². The van der Waals surface area contributed by atoms with Gasteiger partial charge in [-0.2, -0.15) is 5.10 Å². The molecule has 0 saturated heterocycles. The predicted octanol–water partition coefficient (Wildman–Crippen LogP) is 2.77. The van der Waals surface area contributed by atoms with Crippen LogP contribution in [0.3, 0.4) is 0 Å². The molecule has 3 rings (SSSR count). The molecule has 3 aromatic rings. The summed E-state index contributed by atoms with van der Waals surface area (Å²) < 4.78 is 7.18. The van der Waals surface area contributed by atoms with Gasteiger partial charge in [0.25, 0.3) is 0 Å². The summed E-state index contributed by atoms with van der Waals surface area (Å²) in [4.78, 5) is 8.37. The number of aromatic nitrogens is 5. The van der Waals surface area contributed by atoms with Gasteiger partial charge in [0.15, 0.2) is 5.65 Å². The quantitative estimate of drug-likeness (QED) is 0.795. The number of fused-ring (bicyclic) bond motifs is 1. The Labute approximate surface area is 122 Å². The Bertz CT molecular complexity index is 786. The Kier molecular flexibility index (Phi) is 3.12. The first kappa shape index (κ1) is 13.5. The van der Waals surface area contributed by atoms with E-state index in [2.05, 4.69) is 20.2 Å². The Morgan fingerprint density at radius 2 is 1.95 bits per heavy atom. The molecule has 0 unspecified atom stereocenters. The second kappa shape index (κ2) is 4.83. The Morgan fingerprint density at radius 1 is 1.19 bits per heavy atom. The molecule has 3 heterocycles. The molecule has 7 heteroatoms. The molecular formula is C14H18N6O. The normalized spacial score (nSPS) is 11.9. The minimum Gasteiger partial charge on any atom is -0.383 e. The fourth-order valence-electron chi connectivity index (χ4n) is 2.21. The van der Waals surface area contributed by atoms with Crippen LogP contribution in [0.1, 0.15) is 45.4 Å². The maximum absolute atomic E-state index is 6.01. The topological polar surface area (TPSA) is 95.7 Å². The zero-order valence-electron chi connectivity index (χ0n) is 12.5. The van der Waals surface area contributed by atoms with Crippen LogP contribution in [0.25, 0.3) is 22.4 Å². The van der Waals surface area contributed by atoms with Crippen molar-refractivity contribution in [3.63, 3.8) is 0 Å². The standard InChI is InChI=1S/C14H18N6O/c1-7(2)10-5-9(19-21-10)12-11-13(15)16-6-17-14(11)20(18-12)8(3)4/h5-8H,1-4H3,(H2,15,16,17). The SMILES string of the molecule is CC(C)c1cc(-c2nn(C(C)C)c3ncnc(N)c23)no1. The summed E-state index contributed by atoms with van der Waals surface area (Å²) in [5.74, 6) is 1.47. The van der Waals surface area contributed by atoms with Gasteiger partial charge in [0.1, 0.15) is 29.3 Å². The summed E-state index contributed by atoms with van der Waals surface area (Å²) in [6.45, 7) is 8.17. The molecule has 7 nitrogen and oxygen atoms in total. The summed E-state index contributed by atoms with van der Waals surface area (Å²) in [5.41, 5.74) is 8.04. The summed E-state index contributed by atoms with van der Waals surface area (Å²) in [6.07, 6.45) is 1.45. The third-order valence-corrected chi connectivity index (χ3v) is 3.35. The van der Waals surface area contributed by atoms with E-state index in [1.807, 2.05) is 38.4 Å². The Morgan fingerprint density at radius 3 is 2.57 bits per heavy atom. The third kappa shape index (κ3) is 2.14. The highest BCUT2D eigenvalue weighted by Gasteiger charge is 2.21. The molecule has 0 aliphatic carbocycles. The summed E-state index contributed by atoms with van der Waals surface area (Å²) in [7, 11) is 0. The lowest BCUT2D eigenvalue weighted by Crippen LogP contribution is -2.04. The van der Waals surface area contributed by atoms with E-state index in [0.717, 1.165) is 11.1 Å². The number of anilines is 1. The van der Waals surface area contributed by atoms with Gasteiger partial charge in [0, 0.05) is 18.0 Å². The van der Waals surface area contributed by atoms with E-state index in [1.165, 1.54) is 6.33 Å². The van der Waals surface area contributed by atoms with Gasteiger partial charge >= 0.3 is 0 Å². The van der Waals surface area contributed by atoms with Crippen LogP contribution in [0.2, 0.25) is 0 Å². The van der Waals surface area contributed by atoms with Gasteiger partial charge in [-0.05, 0) is 13.8 Å². The van der Waals surface area contributed by atoms with Crippen molar-refractivity contribution in [3.8, 4) is 11.4 Å². The summed E-state index contributed by atoms with van der Waals surface area (Å²) in [6, 6.07) is 2.05. The molecular weight excluding hydrogens is 268 g/mol. The first-order chi connectivity index (χ1) is 9.99. The second-order valence-corrected chi connectivity index (χ2v) is 5.61. The zero-order chi connectivity index (χ0) is 15.1. The number of rotatable bonds is 3. The average Bonchev–Trinajstić information content (AvgIpc) is 3.03. The van der Waals surface area contributed by atoms with E-state index in [1.54, 1.807) is 0 Å². The number of hydrogen-bond donors (Lipinski definition) is 1. The highest BCUT2D eigenvalue weighted by molar-refractivity contribution is 5.97. The van der Waals surface area contributed by atoms with Crippen LogP contribution in [-0.2, 0) is 0 Å². The highest BCUT2D eigenvalue weighted by atomic mass is 16.5. The highest BCUT2D eigenvalue weighted by Crippen LogP contribution is 2.32. The molecule has 0 atom stereocenters. The Hall–Kier alpha value is -2.44. The van der Waals surface area contributed by atoms with E-state index in [4.69, 9.17) is 10.3 Å². The van der Waals surface area contributed by atoms with Gasteiger partial charge in [-0.25, -0.2) is 14.6 Å². The Balaban J connectivity index is 2.26. The fourth-order valence-corrected chi connectivity index (χ4v) is 2.21. The van der Waals surface area contributed by atoms with Crippen molar-refractivity contribution < 1.29 is 4.52 Å². The van der Waals surface area contributed by atoms with Crippen molar-refractivity contribution in [2.75, 3.05) is 5.73 Å². The predicted molar refractivity (Wildman–Crippen MR) is 79.7 cm³/mol. The third-order valence-electron chi connectivity index (χ3n) is 3.35. The molecule has 3 aromatic heterocycles. The fraction of sp³-hybridized carbons (Fsp3) is 0.429. The van der Waals surface area contributed by atoms with Crippen molar-refractivity contribution in [1.82, 2.24) is 24.9 Å². The van der Waals surface area contributed by atoms with Crippen molar-refractivity contribution in [1.29, 1.82) is 0 Å². The number of nitrogen functional groups attached to an aromatic ring is 1. The molecule has 0 aliphatic rings. The zero-order valence-corrected chi connectivity index (χ0v) is 12.5. The van der Waals surface area contributed by atoms with Gasteiger partial charge in [0.05, 0.1) is 5.39 Å². The molecule has 0 bridgehead atoms. The van der Waals surface area contributed by atoms with Crippen molar-refractivity contribution in [2.45, 2.75) is 39.7 Å². The lowest BCUT2D eigenvalue weighted by atomic mass is 10.1. The van der Waals surface area contributed by atoms with Crippen LogP contribution in [-0.4, -0.2) is 24.9 Å². The molecule has 0 fully saturated rings. The lowest BCUT2D eigenvalue weighted by molar-refractivity contribution is 0.373. The molecule has 0 amide bonds. The molecule has 0 aromatic carbocycles. The minimum absolute atomic E-state index is 0.159. The van der Waals surface area contributed by atoms with Crippen molar-refractivity contribution in [3.05, 3.63) is 18.2 Å². The first-order valence-corrected chi connectivity index (χ1v) is 6.94. The smallest absolute Gasteiger partial charge is 0.164 e. The maximum atomic E-state index is 6.01. The summed E-state index contributed by atoms with van der Waals surface area (Å²) in [5, 5.41) is 9.43. The molecule has 0 aliphatic heterocycles. The maximum Gasteiger partial charge on any atom is 0.164 e. The van der Waals surface area contributed by atoms with Crippen LogP contribution in [0.15, 0.2) is 16.9 Å². The van der Waals surface area contributed by atoms with Gasteiger partial charge in [-0.15, -0.1) is 0 Å². The summed E-state index contributed by atoms with van der Waals surface area (Å²) >= 11 is 0. The number of nitrogens with zero attached hydrogens (tertiary/aromatic N) is 5. The number of nitrogens with two attached hydrogens (primary N) is 1. The molecule has 2 N–H and O–H groups in total. The van der Waals surface area contributed by atoms with Crippen molar-refractivity contribution >= 4 is 16.9 Å². The van der Waals surface area contributed by atoms with E-state index in [0.29, 0.717) is 22.9 Å². The minimum atomic E-state index is 0.159. The first-order valence-electron chi connectivity index (χ1n) is 6.94. The molecule has 0 saturated carbocycles. The van der Waals surface area contributed by atoms with Gasteiger partial charge in [-0.3, -0.25) is 0 Å². The van der Waals surface area contributed by atoms with E-state index in [9.17, 15) is 0 Å². The lowest BCUT2D eigenvalue weighted by Gasteiger charge is -2.05.